The van der Waals surface area contributed by atoms with Gasteiger partial charge in [0.05, 0.1) is 5.69 Å². The highest BCUT2D eigenvalue weighted by molar-refractivity contribution is 8.13. The third-order valence-corrected chi connectivity index (χ3v) is 2.14. The van der Waals surface area contributed by atoms with Crippen molar-refractivity contribution in [3.63, 3.8) is 0 Å². The first-order valence-corrected chi connectivity index (χ1v) is 4.93. The molecule has 0 atom stereocenters. The number of nitrogens with two attached hydrogens (primary N) is 1. The fourth-order valence-electron chi connectivity index (χ4n) is 0.925. The van der Waals surface area contributed by atoms with Crippen LogP contribution < -0.4 is 5.84 Å². The van der Waals surface area contributed by atoms with Gasteiger partial charge in [0.2, 0.25) is 5.91 Å². The summed E-state index contributed by atoms with van der Waals surface area (Å²) in [6.45, 7) is 1.42. The molecular weight excluding hydrogens is 186 g/mol. The van der Waals surface area contributed by atoms with E-state index in [1.54, 1.807) is 12.3 Å². The summed E-state index contributed by atoms with van der Waals surface area (Å²) < 4.78 is 1.44. The van der Waals surface area contributed by atoms with Crippen LogP contribution in [0.1, 0.15) is 12.6 Å². The van der Waals surface area contributed by atoms with Crippen LogP contribution in [-0.2, 0) is 4.79 Å². The van der Waals surface area contributed by atoms with Crippen molar-refractivity contribution in [2.24, 2.45) is 4.99 Å². The van der Waals surface area contributed by atoms with E-state index in [9.17, 15) is 4.79 Å². The van der Waals surface area contributed by atoms with Gasteiger partial charge in [0, 0.05) is 13.1 Å². The van der Waals surface area contributed by atoms with Crippen molar-refractivity contribution in [3.8, 4) is 0 Å². The predicted molar refractivity (Wildman–Crippen MR) is 55.3 cm³/mol. The highest BCUT2D eigenvalue weighted by Crippen LogP contribution is 2.10. The van der Waals surface area contributed by atoms with Gasteiger partial charge in [-0.3, -0.25) is 9.47 Å². The predicted octanol–water partition coefficient (Wildman–Crippen LogP) is 0.858. The first-order chi connectivity index (χ1) is 6.15. The molecule has 0 aliphatic rings. The standard InChI is InChI=1S/C8H11N3OS/c1-6(12)10-8(13-2)7-4-3-5-11(7)9/h3-5H,9H2,1-2H3/b10-8-. The van der Waals surface area contributed by atoms with E-state index in [0.717, 1.165) is 5.69 Å². The van der Waals surface area contributed by atoms with E-state index < -0.39 is 0 Å². The summed E-state index contributed by atoms with van der Waals surface area (Å²) in [6.07, 6.45) is 3.57. The fourth-order valence-corrected chi connectivity index (χ4v) is 1.53. The lowest BCUT2D eigenvalue weighted by Gasteiger charge is -2.02. The average Bonchev–Trinajstić information content (AvgIpc) is 2.47. The molecule has 1 aromatic heterocycles. The van der Waals surface area contributed by atoms with Gasteiger partial charge in [-0.25, -0.2) is 4.99 Å². The van der Waals surface area contributed by atoms with Crippen molar-refractivity contribution in [3.05, 3.63) is 24.0 Å². The van der Waals surface area contributed by atoms with Gasteiger partial charge >= 0.3 is 0 Å². The molecule has 0 aliphatic carbocycles. The first kappa shape index (κ1) is 9.85. The lowest BCUT2D eigenvalue weighted by atomic mass is 10.4. The molecule has 70 valence electrons. The maximum absolute atomic E-state index is 10.8. The Morgan fingerprint density at radius 3 is 2.77 bits per heavy atom. The number of carbonyl (C=O) groups excluding carboxylic acids is 1. The van der Waals surface area contributed by atoms with Crippen LogP contribution in [0.5, 0.6) is 0 Å². The van der Waals surface area contributed by atoms with E-state index in [2.05, 4.69) is 4.99 Å². The first-order valence-electron chi connectivity index (χ1n) is 3.71. The van der Waals surface area contributed by atoms with E-state index in [1.807, 2.05) is 12.3 Å². The van der Waals surface area contributed by atoms with Crippen LogP contribution in [0, 0.1) is 0 Å². The number of carbonyl (C=O) groups is 1. The van der Waals surface area contributed by atoms with Crippen molar-refractivity contribution in [1.29, 1.82) is 0 Å². The van der Waals surface area contributed by atoms with Crippen LogP contribution in [0.3, 0.4) is 0 Å². The molecule has 0 aliphatic heterocycles. The highest BCUT2D eigenvalue weighted by atomic mass is 32.2. The van der Waals surface area contributed by atoms with Crippen molar-refractivity contribution in [2.45, 2.75) is 6.92 Å². The summed E-state index contributed by atoms with van der Waals surface area (Å²) in [6, 6.07) is 3.62. The zero-order valence-electron chi connectivity index (χ0n) is 7.52. The molecule has 1 heterocycles. The molecule has 0 saturated heterocycles. The van der Waals surface area contributed by atoms with Gasteiger partial charge in [0.25, 0.3) is 0 Å². The molecule has 4 nitrogen and oxygen atoms in total. The van der Waals surface area contributed by atoms with E-state index in [-0.39, 0.29) is 5.91 Å². The zero-order valence-corrected chi connectivity index (χ0v) is 8.34. The van der Waals surface area contributed by atoms with Crippen LogP contribution in [0.4, 0.5) is 0 Å². The number of aliphatic imine (C=N–C) groups is 1. The van der Waals surface area contributed by atoms with Gasteiger partial charge < -0.3 is 5.84 Å². The SMILES string of the molecule is CS/C(=N\C(C)=O)c1cccn1N. The Morgan fingerprint density at radius 1 is 1.69 bits per heavy atom. The van der Waals surface area contributed by atoms with Gasteiger partial charge in [0.1, 0.15) is 5.04 Å². The van der Waals surface area contributed by atoms with Crippen LogP contribution in [0.15, 0.2) is 23.3 Å². The fraction of sp³-hybridized carbons (Fsp3) is 0.250. The van der Waals surface area contributed by atoms with Crippen LogP contribution in [0.2, 0.25) is 0 Å². The molecule has 1 amide bonds. The molecule has 0 aromatic carbocycles. The topological polar surface area (TPSA) is 60.4 Å². The molecule has 13 heavy (non-hydrogen) atoms. The van der Waals surface area contributed by atoms with Gasteiger partial charge in [-0.2, -0.15) is 0 Å². The third kappa shape index (κ3) is 2.35. The molecule has 0 bridgehead atoms. The van der Waals surface area contributed by atoms with E-state index in [4.69, 9.17) is 5.84 Å². The maximum Gasteiger partial charge on any atom is 0.243 e. The van der Waals surface area contributed by atoms with Crippen LogP contribution in [0.25, 0.3) is 0 Å². The second-order valence-electron chi connectivity index (χ2n) is 2.44. The number of nitrogens with zero attached hydrogens (tertiary/aromatic N) is 2. The van der Waals surface area contributed by atoms with Crippen LogP contribution >= 0.6 is 11.8 Å². The van der Waals surface area contributed by atoms with Crippen molar-refractivity contribution < 1.29 is 4.79 Å². The number of amides is 1. The minimum Gasteiger partial charge on any atom is -0.339 e. The number of hydrogen-bond acceptors (Lipinski definition) is 3. The third-order valence-electron chi connectivity index (χ3n) is 1.45. The van der Waals surface area contributed by atoms with Gasteiger partial charge in [-0.1, -0.05) is 0 Å². The largest absolute Gasteiger partial charge is 0.339 e. The summed E-state index contributed by atoms with van der Waals surface area (Å²) in [5, 5.41) is 0.639. The highest BCUT2D eigenvalue weighted by Gasteiger charge is 2.06. The molecule has 1 aromatic rings. The Bertz CT molecular complexity index is 343. The molecule has 5 heteroatoms. The van der Waals surface area contributed by atoms with E-state index in [1.165, 1.54) is 23.4 Å². The number of rotatable bonds is 1. The summed E-state index contributed by atoms with van der Waals surface area (Å²) in [4.78, 5) is 14.6. The Balaban J connectivity index is 3.04. The van der Waals surface area contributed by atoms with E-state index in [0.29, 0.717) is 5.04 Å². The van der Waals surface area contributed by atoms with Gasteiger partial charge in [0.15, 0.2) is 0 Å². The van der Waals surface area contributed by atoms with Crippen molar-refractivity contribution in [2.75, 3.05) is 12.1 Å². The lowest BCUT2D eigenvalue weighted by Crippen LogP contribution is -2.14. The molecule has 1 rings (SSSR count). The number of nitrogen functional groups attached to an aromatic ring is 1. The minimum atomic E-state index is -0.217. The molecule has 0 spiro atoms. The second kappa shape index (κ2) is 4.13. The summed E-state index contributed by atoms with van der Waals surface area (Å²) in [5.74, 6) is 5.39. The maximum atomic E-state index is 10.8. The van der Waals surface area contributed by atoms with Gasteiger partial charge in [-0.15, -0.1) is 11.8 Å². The minimum absolute atomic E-state index is 0.217. The monoisotopic (exact) mass is 197 g/mol. The second-order valence-corrected chi connectivity index (χ2v) is 3.24. The Morgan fingerprint density at radius 2 is 2.38 bits per heavy atom. The zero-order chi connectivity index (χ0) is 9.84. The van der Waals surface area contributed by atoms with Crippen LogP contribution in [-0.4, -0.2) is 21.9 Å². The van der Waals surface area contributed by atoms with E-state index >= 15 is 0 Å². The summed E-state index contributed by atoms with van der Waals surface area (Å²) >= 11 is 1.40. The number of aromatic nitrogens is 1. The molecule has 2 N–H and O–H groups in total. The Labute approximate surface area is 80.8 Å². The normalized spacial score (nSPS) is 11.7. The molecular formula is C8H11N3OS. The number of hydrogen-bond donors (Lipinski definition) is 1. The molecule has 0 fully saturated rings. The summed E-state index contributed by atoms with van der Waals surface area (Å²) in [7, 11) is 0. The van der Waals surface area contributed by atoms with Crippen molar-refractivity contribution >= 4 is 22.7 Å². The molecule has 0 unspecified atom stereocenters. The molecule has 0 radical (unpaired) electrons. The quantitative estimate of drug-likeness (QED) is 0.412. The summed E-state index contributed by atoms with van der Waals surface area (Å²) in [5.41, 5.74) is 0.753. The van der Waals surface area contributed by atoms with Gasteiger partial charge in [-0.05, 0) is 18.4 Å². The average molecular weight is 197 g/mol. The smallest absolute Gasteiger partial charge is 0.243 e. The molecule has 0 saturated carbocycles. The Hall–Kier alpha value is -1.23. The number of thioether (sulfide) groups is 1. The lowest BCUT2D eigenvalue weighted by molar-refractivity contribution is -0.115. The van der Waals surface area contributed by atoms with Crippen molar-refractivity contribution in [1.82, 2.24) is 4.68 Å². The Kier molecular flexibility index (Phi) is 3.13.